The largest absolute Gasteiger partial charge is 0.508 e. The van der Waals surface area contributed by atoms with Crippen LogP contribution in [0, 0.1) is 0 Å². The van der Waals surface area contributed by atoms with Gasteiger partial charge in [-0.05, 0) is 60.5 Å². The smallest absolute Gasteiger partial charge is 0.338 e. The molecule has 0 radical (unpaired) electrons. The van der Waals surface area contributed by atoms with Gasteiger partial charge in [-0.25, -0.2) is 9.59 Å². The third kappa shape index (κ3) is 4.80. The number of carboxylic acid groups (broad SMARTS) is 1. The number of carboxylic acids is 1. The normalized spacial score (nSPS) is 11.2. The fourth-order valence-electron chi connectivity index (χ4n) is 5.16. The van der Waals surface area contributed by atoms with Crippen molar-refractivity contribution in [1.82, 2.24) is 0 Å². The van der Waals surface area contributed by atoms with Gasteiger partial charge in [0.05, 0.1) is 18.2 Å². The molecule has 0 aromatic heterocycles. The van der Waals surface area contributed by atoms with Gasteiger partial charge in [-0.1, -0.05) is 60.7 Å². The van der Waals surface area contributed by atoms with Crippen LogP contribution in [0.5, 0.6) is 5.75 Å². The van der Waals surface area contributed by atoms with Crippen LogP contribution >= 0.6 is 7.92 Å². The quantitative estimate of drug-likeness (QED) is 0.153. The third-order valence-electron chi connectivity index (χ3n) is 6.99. The van der Waals surface area contributed by atoms with E-state index >= 15 is 0 Å². The number of ether oxygens (including phenoxy) is 1. The number of methoxy groups -OCH3 is 1. The zero-order valence-electron chi connectivity index (χ0n) is 22.3. The van der Waals surface area contributed by atoms with E-state index in [2.05, 4.69) is 0 Å². The van der Waals surface area contributed by atoms with Gasteiger partial charge < -0.3 is 19.4 Å². The highest BCUT2D eigenvalue weighted by atomic mass is 31.1. The average molecular weight is 575 g/mol. The number of hydrogen-bond acceptors (Lipinski definition) is 6. The van der Waals surface area contributed by atoms with Crippen molar-refractivity contribution in [3.63, 3.8) is 0 Å². The van der Waals surface area contributed by atoms with Crippen LogP contribution in [0.3, 0.4) is 0 Å². The van der Waals surface area contributed by atoms with Crippen LogP contribution in [0.15, 0.2) is 118 Å². The van der Waals surface area contributed by atoms with Crippen LogP contribution in [0.1, 0.15) is 20.7 Å². The van der Waals surface area contributed by atoms with Crippen molar-refractivity contribution < 1.29 is 29.0 Å². The minimum Gasteiger partial charge on any atom is -0.508 e. The molecule has 1 aliphatic heterocycles. The second-order valence-corrected chi connectivity index (χ2v) is 11.7. The van der Waals surface area contributed by atoms with E-state index in [0.717, 1.165) is 10.6 Å². The van der Waals surface area contributed by atoms with Gasteiger partial charge in [-0.15, -0.1) is 0 Å². The Morgan fingerprint density at radius 3 is 2.05 bits per heavy atom. The van der Waals surface area contributed by atoms with E-state index in [4.69, 9.17) is 9.15 Å². The molecule has 2 aliphatic rings. The molecule has 0 atom stereocenters. The second kappa shape index (κ2) is 11.0. The van der Waals surface area contributed by atoms with Gasteiger partial charge in [0.1, 0.15) is 17.1 Å². The molecule has 0 fully saturated rings. The Hall–Kier alpha value is -5.26. The standard InChI is InChI=1S/C34H23O7P/c1-40-34(39)28-18-26(32-24-14-12-20(35)16-29(24)41-30-17-21(36)13-15-25(30)32)27(33(37)38)19-31(28)42(22-8-4-2-5-9-22)23-10-6-3-7-11-23/h2-19,35H,1H3,(H,37,38). The van der Waals surface area contributed by atoms with Gasteiger partial charge in [0, 0.05) is 34.0 Å². The summed E-state index contributed by atoms with van der Waals surface area (Å²) in [5.41, 5.74) is 1.31. The van der Waals surface area contributed by atoms with Crippen LogP contribution in [0.4, 0.5) is 0 Å². The number of fused-ring (bicyclic) bond motifs is 2. The van der Waals surface area contributed by atoms with Crippen LogP contribution in [-0.2, 0) is 4.74 Å². The topological polar surface area (TPSA) is 114 Å². The summed E-state index contributed by atoms with van der Waals surface area (Å²) in [4.78, 5) is 38.6. The fourth-order valence-corrected chi connectivity index (χ4v) is 7.61. The van der Waals surface area contributed by atoms with E-state index < -0.39 is 19.9 Å². The molecule has 0 saturated heterocycles. The molecule has 1 aliphatic carbocycles. The zero-order valence-corrected chi connectivity index (χ0v) is 23.2. The second-order valence-electron chi connectivity index (χ2n) is 9.53. The van der Waals surface area contributed by atoms with Crippen molar-refractivity contribution >= 4 is 46.7 Å². The summed E-state index contributed by atoms with van der Waals surface area (Å²) in [6.07, 6.45) is 0. The Morgan fingerprint density at radius 2 is 1.43 bits per heavy atom. The number of benzene rings is 5. The van der Waals surface area contributed by atoms with Gasteiger partial charge >= 0.3 is 11.9 Å². The van der Waals surface area contributed by atoms with Crippen LogP contribution in [-0.4, -0.2) is 29.3 Å². The van der Waals surface area contributed by atoms with E-state index in [0.29, 0.717) is 21.8 Å². The molecule has 206 valence electrons. The number of phenolic OH excluding ortho intramolecular Hbond substituents is 1. The molecule has 2 N–H and O–H groups in total. The van der Waals surface area contributed by atoms with Gasteiger partial charge in [-0.2, -0.15) is 0 Å². The molecule has 7 nitrogen and oxygen atoms in total. The van der Waals surface area contributed by atoms with E-state index in [1.54, 1.807) is 24.3 Å². The van der Waals surface area contributed by atoms with Crippen molar-refractivity contribution in [3.05, 3.63) is 131 Å². The summed E-state index contributed by atoms with van der Waals surface area (Å²) in [6.45, 7) is 0. The van der Waals surface area contributed by atoms with Crippen molar-refractivity contribution in [3.8, 4) is 28.2 Å². The summed E-state index contributed by atoms with van der Waals surface area (Å²) < 4.78 is 11.2. The highest BCUT2D eigenvalue weighted by Gasteiger charge is 2.29. The first-order valence-electron chi connectivity index (χ1n) is 13.0. The molecule has 0 amide bonds. The highest BCUT2D eigenvalue weighted by Crippen LogP contribution is 2.44. The summed E-state index contributed by atoms with van der Waals surface area (Å²) in [5, 5.41) is 23.6. The number of rotatable bonds is 6. The molecule has 4 aromatic rings. The monoisotopic (exact) mass is 574 g/mol. The lowest BCUT2D eigenvalue weighted by Gasteiger charge is -2.24. The van der Waals surface area contributed by atoms with E-state index in [-0.39, 0.29) is 39.2 Å². The van der Waals surface area contributed by atoms with Crippen LogP contribution in [0.2, 0.25) is 0 Å². The molecule has 0 bridgehead atoms. The van der Waals surface area contributed by atoms with Crippen LogP contribution < -0.4 is 21.3 Å². The summed E-state index contributed by atoms with van der Waals surface area (Å²) in [7, 11) is -0.0754. The zero-order chi connectivity index (χ0) is 29.4. The summed E-state index contributed by atoms with van der Waals surface area (Å²) in [6, 6.07) is 31.1. The van der Waals surface area contributed by atoms with Crippen molar-refractivity contribution in [2.75, 3.05) is 7.11 Å². The number of aromatic carboxylic acids is 1. The molecule has 8 heteroatoms. The first-order chi connectivity index (χ1) is 20.4. The number of carbonyl (C=O) groups excluding carboxylic acids is 1. The van der Waals surface area contributed by atoms with Crippen molar-refractivity contribution in [2.24, 2.45) is 0 Å². The molecule has 0 spiro atoms. The number of phenols is 1. The van der Waals surface area contributed by atoms with E-state index in [9.17, 15) is 24.6 Å². The van der Waals surface area contributed by atoms with Gasteiger partial charge in [0.25, 0.3) is 0 Å². The predicted octanol–water partition coefficient (Wildman–Crippen LogP) is 5.51. The maximum absolute atomic E-state index is 13.4. The SMILES string of the molecule is COC(=O)c1cc(-c2c3ccc(=O)cc-3oc3cc(O)ccc23)c(C(=O)O)cc1P(c1ccccc1)c1ccccc1. The van der Waals surface area contributed by atoms with Gasteiger partial charge in [-0.3, -0.25) is 4.79 Å². The Kier molecular flexibility index (Phi) is 7.03. The Morgan fingerprint density at radius 1 is 0.762 bits per heavy atom. The maximum atomic E-state index is 13.4. The number of aromatic hydroxyl groups is 1. The summed E-state index contributed by atoms with van der Waals surface area (Å²) in [5.74, 6) is -1.65. The maximum Gasteiger partial charge on any atom is 0.338 e. The average Bonchev–Trinajstić information content (AvgIpc) is 3.00. The van der Waals surface area contributed by atoms with Gasteiger partial charge in [0.2, 0.25) is 0 Å². The van der Waals surface area contributed by atoms with Crippen molar-refractivity contribution in [1.29, 1.82) is 0 Å². The number of esters is 1. The lowest BCUT2D eigenvalue weighted by Crippen LogP contribution is -2.27. The number of carbonyl (C=O) groups is 2. The molecule has 4 aromatic carbocycles. The van der Waals surface area contributed by atoms with Gasteiger partial charge in [0.15, 0.2) is 5.43 Å². The lowest BCUT2D eigenvalue weighted by atomic mass is 9.89. The molecule has 1 heterocycles. The fraction of sp³-hybridized carbons (Fsp3) is 0.0294. The molecule has 0 unspecified atom stereocenters. The molecular weight excluding hydrogens is 551 g/mol. The molecule has 6 rings (SSSR count). The minimum atomic E-state index is -1.36. The lowest BCUT2D eigenvalue weighted by molar-refractivity contribution is 0.0600. The molecule has 0 saturated carbocycles. The molecule has 42 heavy (non-hydrogen) atoms. The Labute approximate surface area is 241 Å². The minimum absolute atomic E-state index is 0.0370. The van der Waals surface area contributed by atoms with Crippen LogP contribution in [0.25, 0.3) is 33.4 Å². The number of hydrogen-bond donors (Lipinski definition) is 2. The Bertz CT molecular complexity index is 1960. The first-order valence-corrected chi connectivity index (χ1v) is 14.3. The predicted molar refractivity (Wildman–Crippen MR) is 163 cm³/mol. The molecular formula is C34H23O7P. The Balaban J connectivity index is 1.74. The highest BCUT2D eigenvalue weighted by molar-refractivity contribution is 7.80. The van der Waals surface area contributed by atoms with Crippen molar-refractivity contribution in [2.45, 2.75) is 0 Å². The van der Waals surface area contributed by atoms with E-state index in [1.165, 1.54) is 31.4 Å². The first kappa shape index (κ1) is 26.9. The third-order valence-corrected chi connectivity index (χ3v) is 9.47. The van der Waals surface area contributed by atoms with E-state index in [1.807, 2.05) is 60.7 Å². The summed E-state index contributed by atoms with van der Waals surface area (Å²) >= 11 is 0.